The van der Waals surface area contributed by atoms with Gasteiger partial charge in [0, 0.05) is 25.8 Å². The van der Waals surface area contributed by atoms with Crippen LogP contribution in [-0.4, -0.2) is 39.8 Å². The molecule has 0 amide bonds. The second kappa shape index (κ2) is 4.80. The Bertz CT molecular complexity index is 239. The van der Waals surface area contributed by atoms with E-state index >= 15 is 0 Å². The Hall–Kier alpha value is 0.175. The molecule has 1 saturated heterocycles. The third kappa shape index (κ3) is 3.09. The Balaban J connectivity index is 2.55. The van der Waals surface area contributed by atoms with Gasteiger partial charge in [0.2, 0.25) is 0 Å². The predicted molar refractivity (Wildman–Crippen MR) is 59.6 cm³/mol. The van der Waals surface area contributed by atoms with Crippen molar-refractivity contribution in [3.8, 4) is 0 Å². The second-order valence-electron chi connectivity index (χ2n) is 3.89. The van der Waals surface area contributed by atoms with Crippen molar-refractivity contribution in [1.29, 1.82) is 0 Å². The molecular formula is C8H19BNO3P. The van der Waals surface area contributed by atoms with E-state index in [1.807, 2.05) is 7.85 Å². The minimum absolute atomic E-state index is 0.158. The van der Waals surface area contributed by atoms with Crippen LogP contribution in [0.4, 0.5) is 0 Å². The molecule has 0 spiro atoms. The topological polar surface area (TPSA) is 47.6 Å². The van der Waals surface area contributed by atoms with Gasteiger partial charge >= 0.3 is 0 Å². The molecule has 4 nitrogen and oxygen atoms in total. The van der Waals surface area contributed by atoms with Crippen molar-refractivity contribution < 1.29 is 13.8 Å². The molecule has 4 atom stereocenters. The van der Waals surface area contributed by atoms with Gasteiger partial charge in [0.15, 0.2) is 0 Å². The molecule has 1 aliphatic rings. The molecule has 1 fully saturated rings. The number of rotatable bonds is 4. The van der Waals surface area contributed by atoms with Crippen LogP contribution in [0.3, 0.4) is 0 Å². The lowest BCUT2D eigenvalue weighted by atomic mass is 9.95. The smallest absolute Gasteiger partial charge is 0.266 e. The van der Waals surface area contributed by atoms with Crippen LogP contribution >= 0.6 is 7.52 Å². The van der Waals surface area contributed by atoms with Crippen molar-refractivity contribution in [2.75, 3.05) is 13.8 Å². The lowest BCUT2D eigenvalue weighted by Crippen LogP contribution is -2.34. The maximum atomic E-state index is 11.7. The molecule has 0 aromatic rings. The fourth-order valence-electron chi connectivity index (χ4n) is 1.83. The Kier molecular flexibility index (Phi) is 4.20. The highest BCUT2D eigenvalue weighted by Gasteiger charge is 2.34. The van der Waals surface area contributed by atoms with E-state index in [0.29, 0.717) is 0 Å². The molecule has 82 valence electrons. The van der Waals surface area contributed by atoms with E-state index in [9.17, 15) is 4.57 Å². The maximum absolute atomic E-state index is 11.7. The first-order valence-electron chi connectivity index (χ1n) is 5.05. The van der Waals surface area contributed by atoms with Gasteiger partial charge in [0.05, 0.1) is 6.10 Å². The first kappa shape index (κ1) is 12.2. The summed E-state index contributed by atoms with van der Waals surface area (Å²) in [6.07, 6.45) is 2.00. The summed E-state index contributed by atoms with van der Waals surface area (Å²) in [7, 11) is 0.876. The number of nitrogens with one attached hydrogen (secondary N) is 1. The molecule has 1 N–H and O–H groups in total. The largest absolute Gasteiger partial charge is 0.382 e. The molecule has 0 aromatic heterocycles. The molecule has 0 radical (unpaired) electrons. The Morgan fingerprint density at radius 2 is 2.36 bits per heavy atom. The summed E-state index contributed by atoms with van der Waals surface area (Å²) in [5.74, 6) is 0. The summed E-state index contributed by atoms with van der Waals surface area (Å²) in [6.45, 7) is 3.67. The summed E-state index contributed by atoms with van der Waals surface area (Å²) in [5, 5.41) is 3.04. The van der Waals surface area contributed by atoms with Gasteiger partial charge in [-0.25, -0.2) is 5.09 Å². The number of hydrogen-bond acceptors (Lipinski definition) is 3. The van der Waals surface area contributed by atoms with Gasteiger partial charge in [0.1, 0.15) is 7.85 Å². The molecule has 1 heterocycles. The predicted octanol–water partition coefficient (Wildman–Crippen LogP) is 0.572. The zero-order valence-corrected chi connectivity index (χ0v) is 10.2. The van der Waals surface area contributed by atoms with Crippen molar-refractivity contribution in [2.45, 2.75) is 37.9 Å². The lowest BCUT2D eigenvalue weighted by Gasteiger charge is -2.21. The summed E-state index contributed by atoms with van der Waals surface area (Å²) in [4.78, 5) is 0. The first-order valence-corrected chi connectivity index (χ1v) is 7.12. The van der Waals surface area contributed by atoms with Crippen LogP contribution in [0.15, 0.2) is 0 Å². The summed E-state index contributed by atoms with van der Waals surface area (Å²) in [6, 6.07) is 0.403. The quantitative estimate of drug-likeness (QED) is 0.554. The van der Waals surface area contributed by atoms with E-state index in [0.717, 1.165) is 12.8 Å². The van der Waals surface area contributed by atoms with Crippen LogP contribution in [0.1, 0.15) is 19.8 Å². The van der Waals surface area contributed by atoms with E-state index in [2.05, 4.69) is 12.0 Å². The van der Waals surface area contributed by atoms with Crippen LogP contribution in [-0.2, 0) is 13.8 Å². The molecule has 0 saturated carbocycles. The molecule has 2 unspecified atom stereocenters. The molecule has 1 aliphatic heterocycles. The van der Waals surface area contributed by atoms with Crippen LogP contribution in [0.5, 0.6) is 0 Å². The molecule has 0 aromatic carbocycles. The van der Waals surface area contributed by atoms with Gasteiger partial charge < -0.3 is 9.26 Å². The summed E-state index contributed by atoms with van der Waals surface area (Å²) in [5.41, 5.74) is 0. The third-order valence-corrected chi connectivity index (χ3v) is 4.09. The highest BCUT2D eigenvalue weighted by atomic mass is 31.2. The van der Waals surface area contributed by atoms with E-state index in [4.69, 9.17) is 9.26 Å². The first-order chi connectivity index (χ1) is 6.48. The highest BCUT2D eigenvalue weighted by molar-refractivity contribution is 7.56. The fraction of sp³-hybridized carbons (Fsp3) is 1.00. The van der Waals surface area contributed by atoms with E-state index in [1.165, 1.54) is 7.11 Å². The zero-order valence-electron chi connectivity index (χ0n) is 9.32. The Labute approximate surface area is 86.6 Å². The summed E-state index contributed by atoms with van der Waals surface area (Å²) < 4.78 is 22.3. The minimum atomic E-state index is -2.63. The number of ether oxygens (including phenoxy) is 1. The summed E-state index contributed by atoms with van der Waals surface area (Å²) >= 11 is 0. The highest BCUT2D eigenvalue weighted by Crippen LogP contribution is 2.39. The molecule has 1 rings (SSSR count). The third-order valence-electron chi connectivity index (χ3n) is 2.59. The average Bonchev–Trinajstić information content (AvgIpc) is 2.45. The lowest BCUT2D eigenvalue weighted by molar-refractivity contribution is 0.0778. The monoisotopic (exact) mass is 219 g/mol. The van der Waals surface area contributed by atoms with Crippen molar-refractivity contribution in [2.24, 2.45) is 0 Å². The maximum Gasteiger partial charge on any atom is 0.266 e. The van der Waals surface area contributed by atoms with Gasteiger partial charge in [0.25, 0.3) is 7.52 Å². The van der Waals surface area contributed by atoms with Gasteiger partial charge in [-0.3, -0.25) is 4.57 Å². The molecule has 0 aliphatic carbocycles. The molecule has 0 bridgehead atoms. The minimum Gasteiger partial charge on any atom is -0.382 e. The normalized spacial score (nSPS) is 36.9. The zero-order chi connectivity index (χ0) is 10.8. The van der Waals surface area contributed by atoms with Crippen LogP contribution in [0, 0.1) is 0 Å². The van der Waals surface area contributed by atoms with Crippen LogP contribution in [0.25, 0.3) is 0 Å². The SMILES string of the molecule is BC1C[C@@H](NP(C)(=O)OC)[C@@H](CC)O1. The standard InChI is InChI=1S/C8H19BNO3P/c1-4-7-6(5-8(9)13-7)10-14(3,11)12-2/h6-8H,4-5,9H2,1-3H3,(H,10,11)/t6-,7-,8?,14?/m1/s1. The molecular weight excluding hydrogens is 200 g/mol. The molecule has 14 heavy (non-hydrogen) atoms. The average molecular weight is 219 g/mol. The van der Waals surface area contributed by atoms with E-state index in [-0.39, 0.29) is 18.1 Å². The van der Waals surface area contributed by atoms with Gasteiger partial charge in [-0.15, -0.1) is 0 Å². The van der Waals surface area contributed by atoms with Crippen molar-refractivity contribution in [3.63, 3.8) is 0 Å². The van der Waals surface area contributed by atoms with Crippen LogP contribution in [0.2, 0.25) is 0 Å². The Morgan fingerprint density at radius 1 is 1.71 bits per heavy atom. The van der Waals surface area contributed by atoms with Crippen molar-refractivity contribution in [1.82, 2.24) is 5.09 Å². The van der Waals surface area contributed by atoms with Crippen molar-refractivity contribution in [3.05, 3.63) is 0 Å². The van der Waals surface area contributed by atoms with Crippen LogP contribution < -0.4 is 5.09 Å². The van der Waals surface area contributed by atoms with Gasteiger partial charge in [-0.05, 0) is 12.8 Å². The van der Waals surface area contributed by atoms with Gasteiger partial charge in [-0.1, -0.05) is 6.92 Å². The van der Waals surface area contributed by atoms with E-state index < -0.39 is 7.52 Å². The number of hydrogen-bond donors (Lipinski definition) is 1. The second-order valence-corrected chi connectivity index (χ2v) is 6.21. The van der Waals surface area contributed by atoms with E-state index in [1.54, 1.807) is 6.66 Å². The Morgan fingerprint density at radius 3 is 2.86 bits per heavy atom. The van der Waals surface area contributed by atoms with Crippen molar-refractivity contribution >= 4 is 15.4 Å². The van der Waals surface area contributed by atoms with Gasteiger partial charge in [-0.2, -0.15) is 0 Å². The molecule has 6 heteroatoms. The fourth-order valence-corrected chi connectivity index (χ4v) is 2.81.